The van der Waals surface area contributed by atoms with Gasteiger partial charge in [-0.05, 0) is 24.3 Å². The molecule has 0 saturated heterocycles. The third kappa shape index (κ3) is 3.89. The number of carboxylic acid groups (broad SMARTS) is 1. The first kappa shape index (κ1) is 16.4. The first-order chi connectivity index (χ1) is 9.43. The van der Waals surface area contributed by atoms with Crippen LogP contribution < -0.4 is 0 Å². The van der Waals surface area contributed by atoms with E-state index in [1.165, 1.54) is 41.8 Å². The van der Waals surface area contributed by atoms with Crippen LogP contribution in [0.5, 0.6) is 0 Å². The number of methoxy groups -OCH3 is 1. The second-order valence-corrected chi connectivity index (χ2v) is 5.91. The molecule has 0 bridgehead atoms. The number of rotatable bonds is 8. The molecule has 0 unspecified atom stereocenters. The fourth-order valence-corrected chi connectivity index (χ4v) is 2.96. The van der Waals surface area contributed by atoms with E-state index in [1.54, 1.807) is 0 Å². The highest BCUT2D eigenvalue weighted by Gasteiger charge is 2.23. The minimum atomic E-state index is -3.69. The highest BCUT2D eigenvalue weighted by molar-refractivity contribution is 7.89. The van der Waals surface area contributed by atoms with E-state index in [4.69, 9.17) is 9.84 Å². The molecule has 110 valence electrons. The Morgan fingerprint density at radius 2 is 2.00 bits per heavy atom. The number of hydrogen-bond acceptors (Lipinski definition) is 4. The first-order valence-electron chi connectivity index (χ1n) is 5.87. The van der Waals surface area contributed by atoms with E-state index in [2.05, 4.69) is 6.58 Å². The molecule has 7 heteroatoms. The Morgan fingerprint density at radius 1 is 1.40 bits per heavy atom. The Morgan fingerprint density at radius 3 is 2.45 bits per heavy atom. The number of hydrogen-bond donors (Lipinski definition) is 1. The summed E-state index contributed by atoms with van der Waals surface area (Å²) in [7, 11) is -2.20. The van der Waals surface area contributed by atoms with Gasteiger partial charge < -0.3 is 9.84 Å². The van der Waals surface area contributed by atoms with E-state index in [9.17, 15) is 13.2 Å². The van der Waals surface area contributed by atoms with Crippen LogP contribution in [0, 0.1) is 0 Å². The zero-order valence-electron chi connectivity index (χ0n) is 11.2. The zero-order chi connectivity index (χ0) is 15.2. The molecule has 0 spiro atoms. The summed E-state index contributed by atoms with van der Waals surface area (Å²) in [5.74, 6) is -1.10. The molecule has 0 amide bonds. The Hall–Kier alpha value is -1.70. The quantitative estimate of drug-likeness (QED) is 0.729. The van der Waals surface area contributed by atoms with Crippen LogP contribution in [0.1, 0.15) is 10.4 Å². The summed E-state index contributed by atoms with van der Waals surface area (Å²) in [6.45, 7) is 4.15. The highest BCUT2D eigenvalue weighted by atomic mass is 32.2. The van der Waals surface area contributed by atoms with E-state index in [0.29, 0.717) is 0 Å². The summed E-state index contributed by atoms with van der Waals surface area (Å²) in [6.07, 6.45) is 1.48. The van der Waals surface area contributed by atoms with Gasteiger partial charge in [0.15, 0.2) is 0 Å². The lowest BCUT2D eigenvalue weighted by Crippen LogP contribution is -2.34. The highest BCUT2D eigenvalue weighted by Crippen LogP contribution is 2.16. The predicted octanol–water partition coefficient (Wildman–Crippen LogP) is 1.21. The van der Waals surface area contributed by atoms with Crippen LogP contribution in [0.2, 0.25) is 0 Å². The summed E-state index contributed by atoms with van der Waals surface area (Å²) in [5.41, 5.74) is 0.0381. The Bertz CT molecular complexity index is 565. The maximum atomic E-state index is 12.4. The Balaban J connectivity index is 3.05. The van der Waals surface area contributed by atoms with Gasteiger partial charge in [0.05, 0.1) is 17.1 Å². The molecule has 1 rings (SSSR count). The standard InChI is InChI=1S/C13H17NO5S/c1-3-8-14(9-10-19-2)20(17,18)12-6-4-11(5-7-12)13(15)16/h3-7H,1,8-10H2,2H3,(H,15,16). The van der Waals surface area contributed by atoms with Gasteiger partial charge >= 0.3 is 5.97 Å². The van der Waals surface area contributed by atoms with E-state index in [1.807, 2.05) is 0 Å². The van der Waals surface area contributed by atoms with Crippen LogP contribution in [0.4, 0.5) is 0 Å². The maximum Gasteiger partial charge on any atom is 0.335 e. The second kappa shape index (κ2) is 7.18. The van der Waals surface area contributed by atoms with E-state index >= 15 is 0 Å². The molecule has 20 heavy (non-hydrogen) atoms. The van der Waals surface area contributed by atoms with Gasteiger partial charge in [-0.3, -0.25) is 0 Å². The normalized spacial score (nSPS) is 11.5. The van der Waals surface area contributed by atoms with Crippen molar-refractivity contribution in [3.05, 3.63) is 42.5 Å². The van der Waals surface area contributed by atoms with Gasteiger partial charge in [0.25, 0.3) is 0 Å². The lowest BCUT2D eigenvalue weighted by Gasteiger charge is -2.20. The SMILES string of the molecule is C=CCN(CCOC)S(=O)(=O)c1ccc(C(=O)O)cc1. The molecule has 0 aliphatic carbocycles. The van der Waals surface area contributed by atoms with Gasteiger partial charge in [-0.1, -0.05) is 6.08 Å². The third-order valence-electron chi connectivity index (χ3n) is 2.62. The molecule has 0 saturated carbocycles. The van der Waals surface area contributed by atoms with Crippen molar-refractivity contribution in [1.29, 1.82) is 0 Å². The molecule has 1 aromatic carbocycles. The van der Waals surface area contributed by atoms with Gasteiger partial charge in [0.1, 0.15) is 0 Å². The zero-order valence-corrected chi connectivity index (χ0v) is 12.0. The lowest BCUT2D eigenvalue weighted by atomic mass is 10.2. The minimum absolute atomic E-state index is 0.0381. The molecule has 0 radical (unpaired) electrons. The largest absolute Gasteiger partial charge is 0.478 e. The number of carboxylic acids is 1. The van der Waals surface area contributed by atoms with Crippen LogP contribution in [0.3, 0.4) is 0 Å². The van der Waals surface area contributed by atoms with Crippen molar-refractivity contribution in [1.82, 2.24) is 4.31 Å². The monoisotopic (exact) mass is 299 g/mol. The molecule has 0 aliphatic rings. The van der Waals surface area contributed by atoms with E-state index in [-0.39, 0.29) is 30.2 Å². The molecule has 0 heterocycles. The second-order valence-electron chi connectivity index (χ2n) is 3.97. The molecular weight excluding hydrogens is 282 g/mol. The fraction of sp³-hybridized carbons (Fsp3) is 0.308. The lowest BCUT2D eigenvalue weighted by molar-refractivity contribution is 0.0696. The first-order valence-corrected chi connectivity index (χ1v) is 7.31. The van der Waals surface area contributed by atoms with Crippen molar-refractivity contribution in [3.63, 3.8) is 0 Å². The molecule has 0 aliphatic heterocycles. The maximum absolute atomic E-state index is 12.4. The van der Waals surface area contributed by atoms with Crippen molar-refractivity contribution in [2.24, 2.45) is 0 Å². The average Bonchev–Trinajstić information content (AvgIpc) is 2.43. The fourth-order valence-electron chi connectivity index (χ4n) is 1.57. The van der Waals surface area contributed by atoms with Crippen LogP contribution in [0.15, 0.2) is 41.8 Å². The molecule has 0 aromatic heterocycles. The molecule has 0 atom stereocenters. The Kier molecular flexibility index (Phi) is 5.87. The summed E-state index contributed by atoms with van der Waals surface area (Å²) in [5, 5.41) is 8.80. The topological polar surface area (TPSA) is 83.9 Å². The molecule has 1 N–H and O–H groups in total. The average molecular weight is 299 g/mol. The van der Waals surface area contributed by atoms with Crippen LogP contribution in [-0.2, 0) is 14.8 Å². The number of ether oxygens (including phenoxy) is 1. The van der Waals surface area contributed by atoms with Crippen molar-refractivity contribution < 1.29 is 23.1 Å². The van der Waals surface area contributed by atoms with Crippen molar-refractivity contribution in [2.75, 3.05) is 26.8 Å². The van der Waals surface area contributed by atoms with Crippen molar-refractivity contribution in [2.45, 2.75) is 4.90 Å². The molecule has 0 fully saturated rings. The minimum Gasteiger partial charge on any atom is -0.478 e. The summed E-state index contributed by atoms with van der Waals surface area (Å²) in [4.78, 5) is 10.8. The number of sulfonamides is 1. The van der Waals surface area contributed by atoms with Crippen LogP contribution >= 0.6 is 0 Å². The Labute approximate surface area is 118 Å². The number of carbonyl (C=O) groups is 1. The third-order valence-corrected chi connectivity index (χ3v) is 4.50. The van der Waals surface area contributed by atoms with Gasteiger partial charge in [-0.25, -0.2) is 13.2 Å². The van der Waals surface area contributed by atoms with E-state index in [0.717, 1.165) is 0 Å². The number of aromatic carboxylic acids is 1. The van der Waals surface area contributed by atoms with Gasteiger partial charge in [0.2, 0.25) is 10.0 Å². The molecule has 6 nitrogen and oxygen atoms in total. The van der Waals surface area contributed by atoms with Gasteiger partial charge in [-0.15, -0.1) is 6.58 Å². The summed E-state index contributed by atoms with van der Waals surface area (Å²) >= 11 is 0. The van der Waals surface area contributed by atoms with Crippen molar-refractivity contribution >= 4 is 16.0 Å². The van der Waals surface area contributed by atoms with Gasteiger partial charge in [0, 0.05) is 20.2 Å². The number of nitrogens with zero attached hydrogens (tertiary/aromatic N) is 1. The van der Waals surface area contributed by atoms with Gasteiger partial charge in [-0.2, -0.15) is 4.31 Å². The molecule has 1 aromatic rings. The van der Waals surface area contributed by atoms with Crippen LogP contribution in [0.25, 0.3) is 0 Å². The summed E-state index contributed by atoms with van der Waals surface area (Å²) < 4.78 is 30.9. The summed E-state index contributed by atoms with van der Waals surface area (Å²) in [6, 6.07) is 5.08. The smallest absolute Gasteiger partial charge is 0.335 e. The number of benzene rings is 1. The van der Waals surface area contributed by atoms with E-state index < -0.39 is 16.0 Å². The predicted molar refractivity (Wildman–Crippen MR) is 74.2 cm³/mol. The van der Waals surface area contributed by atoms with Crippen LogP contribution in [-0.4, -0.2) is 50.6 Å². The van der Waals surface area contributed by atoms with Crippen molar-refractivity contribution in [3.8, 4) is 0 Å². The molecular formula is C13H17NO5S.